The van der Waals surface area contributed by atoms with E-state index in [4.69, 9.17) is 5.26 Å². The maximum Gasteiger partial charge on any atom is 0 e. The third-order valence-corrected chi connectivity index (χ3v) is 0.264. The van der Waals surface area contributed by atoms with E-state index in [-0.39, 0.29) is 62.3 Å². The van der Waals surface area contributed by atoms with Crippen molar-refractivity contribution < 1.29 is 33.4 Å². The summed E-state index contributed by atoms with van der Waals surface area (Å²) in [6.07, 6.45) is 1.44. The Morgan fingerprint density at radius 2 is 1.57 bits per heavy atom. The van der Waals surface area contributed by atoms with Crippen LogP contribution in [0.2, 0.25) is 0 Å². The number of hydrogen-bond acceptors (Lipinski definition) is 2. The third kappa shape index (κ3) is 36.5. The molecule has 0 aliphatic rings. The van der Waals surface area contributed by atoms with Crippen LogP contribution in [0.15, 0.2) is 0 Å². The van der Waals surface area contributed by atoms with Crippen molar-refractivity contribution in [3.8, 4) is 6.26 Å². The van der Waals surface area contributed by atoms with Crippen molar-refractivity contribution in [3.05, 3.63) is 0 Å². The molecule has 0 spiro atoms. The molecule has 0 aromatic carbocycles. The molecule has 0 heterocycles. The molecule has 1 radical (unpaired) electrons. The second-order valence-electron chi connectivity index (χ2n) is 0.163. The molecule has 0 unspecified atom stereocenters. The molecule has 7 heavy (non-hydrogen) atoms. The van der Waals surface area contributed by atoms with Crippen LogP contribution in [0, 0.1) is 11.5 Å². The standard InChI is InChI=1S/CHNO.K.2H2O.Os/c2-1-3;;;;/h3H;;2*1H2;/q;;;;+1/p-1. The summed E-state index contributed by atoms with van der Waals surface area (Å²) in [5.41, 5.74) is 0. The fourth-order valence-corrected chi connectivity index (χ4v) is 0. The van der Waals surface area contributed by atoms with Crippen molar-refractivity contribution in [1.29, 1.82) is 5.26 Å². The first-order valence-corrected chi connectivity index (χ1v) is 1.61. The van der Waals surface area contributed by atoms with Gasteiger partial charge < -0.3 is 11.0 Å². The normalized spacial score (nSPS) is 2.29. The average Bonchev–Trinajstić information content (AvgIpc) is 1.37. The minimum atomic E-state index is 0. The van der Waals surface area contributed by atoms with Gasteiger partial charge in [0.05, 0.1) is 0 Å². The minimum Gasteiger partial charge on any atom is -0.412 e. The summed E-state index contributed by atoms with van der Waals surface area (Å²) in [4.78, 5) is 0. The minimum absolute atomic E-state index is 0. The van der Waals surface area contributed by atoms with Crippen LogP contribution >= 0.6 is 0 Å². The summed E-state index contributed by atoms with van der Waals surface area (Å²) in [7, 11) is 0. The molecule has 0 aromatic heterocycles. The maximum atomic E-state index is 7.41. The monoisotopic (exact) mass is 309 g/mol. The van der Waals surface area contributed by atoms with E-state index in [2.05, 4.69) is 3.53 Å². The number of rotatable bonds is 0. The van der Waals surface area contributed by atoms with Gasteiger partial charge in [0.2, 0.25) is 0 Å². The Morgan fingerprint density at radius 1 is 1.43 bits per heavy atom. The second kappa shape index (κ2) is 25.9. The van der Waals surface area contributed by atoms with E-state index in [1.165, 1.54) is 6.26 Å². The van der Waals surface area contributed by atoms with Crippen molar-refractivity contribution in [2.45, 2.75) is 0 Å². The van der Waals surface area contributed by atoms with Crippen molar-refractivity contribution in [1.82, 2.24) is 0 Å². The molecule has 0 aliphatic heterocycles. The molecular formula is CH4KNO3Os. The molecule has 0 aliphatic carbocycles. The zero-order valence-electron chi connectivity index (χ0n) is 3.71. The molecule has 0 bridgehead atoms. The Hall–Kier alpha value is 1.48. The van der Waals surface area contributed by atoms with Gasteiger partial charge in [-0.3, -0.25) is 0 Å². The van der Waals surface area contributed by atoms with Gasteiger partial charge in [-0.2, -0.15) is 0 Å². The van der Waals surface area contributed by atoms with Crippen LogP contribution < -0.4 is 0 Å². The quantitative estimate of drug-likeness (QED) is 0.379. The second-order valence-corrected chi connectivity index (χ2v) is 0.682. The van der Waals surface area contributed by atoms with E-state index in [9.17, 15) is 0 Å². The molecule has 0 saturated carbocycles. The fourth-order valence-electron chi connectivity index (χ4n) is 0. The average molecular weight is 307 g/mol. The summed E-state index contributed by atoms with van der Waals surface area (Å²) in [6.45, 7) is 0. The fraction of sp³-hybridized carbons (Fsp3) is 0. The number of nitrogens with zero attached hydrogens (tertiary/aromatic N) is 1. The Labute approximate surface area is 94.6 Å². The van der Waals surface area contributed by atoms with Crippen molar-refractivity contribution >= 4 is 51.4 Å². The van der Waals surface area contributed by atoms with E-state index in [1.54, 1.807) is 0 Å². The van der Waals surface area contributed by atoms with Gasteiger partial charge in [-0.1, -0.05) is 0 Å². The molecule has 0 atom stereocenters. The molecule has 40 valence electrons. The van der Waals surface area contributed by atoms with Crippen LogP contribution in [0.25, 0.3) is 0 Å². The summed E-state index contributed by atoms with van der Waals surface area (Å²) < 4.78 is 3.88. The third-order valence-electron chi connectivity index (χ3n) is 0.0323. The Kier molecular flexibility index (Phi) is 87.5. The first-order valence-electron chi connectivity index (χ1n) is 0.572. The molecule has 0 rings (SSSR count). The number of nitriles is 1. The van der Waals surface area contributed by atoms with Crippen LogP contribution in [0.5, 0.6) is 0 Å². The first-order chi connectivity index (χ1) is 1.91. The predicted octanol–water partition coefficient (Wildman–Crippen LogP) is -2.08. The Balaban J connectivity index is -0.0000000150. The summed E-state index contributed by atoms with van der Waals surface area (Å²) >= 11 is 1.16. The molecule has 0 amide bonds. The van der Waals surface area contributed by atoms with Crippen LogP contribution in [-0.2, 0) is 22.5 Å². The van der Waals surface area contributed by atoms with Gasteiger partial charge in [0.1, 0.15) is 0 Å². The predicted molar refractivity (Wildman–Crippen MR) is 19.7 cm³/mol. The van der Waals surface area contributed by atoms with E-state index in [1.807, 2.05) is 0 Å². The smallest absolute Gasteiger partial charge is 0 e. The first kappa shape index (κ1) is 23.6. The Morgan fingerprint density at radius 3 is 1.57 bits per heavy atom. The molecule has 4 N–H and O–H groups in total. The molecule has 4 nitrogen and oxygen atoms in total. The van der Waals surface area contributed by atoms with Gasteiger partial charge in [0, 0.05) is 51.4 Å². The van der Waals surface area contributed by atoms with Crippen molar-refractivity contribution in [2.24, 2.45) is 0 Å². The summed E-state index contributed by atoms with van der Waals surface area (Å²) in [5, 5.41) is 7.41. The van der Waals surface area contributed by atoms with Gasteiger partial charge >= 0.3 is 34.0 Å². The van der Waals surface area contributed by atoms with Gasteiger partial charge in [0.15, 0.2) is 0 Å². The van der Waals surface area contributed by atoms with Gasteiger partial charge in [0.25, 0.3) is 0 Å². The van der Waals surface area contributed by atoms with Gasteiger partial charge in [-0.05, 0) is 0 Å². The molecule has 0 fully saturated rings. The molecular weight excluding hydrogens is 303 g/mol. The van der Waals surface area contributed by atoms with E-state index >= 15 is 0 Å². The van der Waals surface area contributed by atoms with E-state index in [0.717, 1.165) is 19.0 Å². The van der Waals surface area contributed by atoms with E-state index in [0.29, 0.717) is 0 Å². The molecule has 0 saturated heterocycles. The van der Waals surface area contributed by atoms with Crippen LogP contribution in [-0.4, -0.2) is 62.3 Å². The molecule has 6 heteroatoms. The van der Waals surface area contributed by atoms with E-state index < -0.39 is 0 Å². The van der Waals surface area contributed by atoms with Crippen LogP contribution in [0.4, 0.5) is 0 Å². The zero-order chi connectivity index (χ0) is 3.41. The van der Waals surface area contributed by atoms with Crippen LogP contribution in [0.1, 0.15) is 0 Å². The van der Waals surface area contributed by atoms with Gasteiger partial charge in [-0.15, -0.1) is 0 Å². The Bertz CT molecular complexity index is 44.7. The summed E-state index contributed by atoms with van der Waals surface area (Å²) in [6, 6.07) is 0. The topological polar surface area (TPSA) is 96.0 Å². The zero-order valence-corrected chi connectivity index (χ0v) is 9.37. The van der Waals surface area contributed by atoms with Crippen molar-refractivity contribution in [2.75, 3.05) is 0 Å². The van der Waals surface area contributed by atoms with Crippen LogP contribution in [0.3, 0.4) is 0 Å². The largest absolute Gasteiger partial charge is 0.412 e. The molecule has 0 aromatic rings. The summed E-state index contributed by atoms with van der Waals surface area (Å²) in [5.74, 6) is 0. The van der Waals surface area contributed by atoms with Gasteiger partial charge in [-0.25, -0.2) is 0 Å². The maximum absolute atomic E-state index is 7.41. The van der Waals surface area contributed by atoms with Crippen molar-refractivity contribution in [3.63, 3.8) is 0 Å². The number of hydrogen-bond donors (Lipinski definition) is 0. The SMILES string of the molecule is N#C[O][Os].O.O.[K].